The van der Waals surface area contributed by atoms with E-state index in [0.29, 0.717) is 19.1 Å². The summed E-state index contributed by atoms with van der Waals surface area (Å²) < 4.78 is 11.1. The zero-order chi connectivity index (χ0) is 14.7. The first-order chi connectivity index (χ1) is 10.3. The van der Waals surface area contributed by atoms with Crippen LogP contribution in [0.3, 0.4) is 0 Å². The van der Waals surface area contributed by atoms with Crippen LogP contribution in [0.2, 0.25) is 0 Å². The molecule has 1 fully saturated rings. The fourth-order valence-corrected chi connectivity index (χ4v) is 4.76. The number of thioether (sulfide) groups is 1. The fraction of sp³-hybridized carbons (Fsp3) is 0.647. The molecule has 0 aromatic heterocycles. The maximum Gasteiger partial charge on any atom is 0.124 e. The molecule has 0 radical (unpaired) electrons. The Labute approximate surface area is 132 Å². The van der Waals surface area contributed by atoms with E-state index in [4.69, 9.17) is 9.47 Å². The van der Waals surface area contributed by atoms with Gasteiger partial charge in [-0.15, -0.1) is 11.8 Å². The second-order valence-corrected chi connectivity index (χ2v) is 7.09. The van der Waals surface area contributed by atoms with Crippen LogP contribution < -0.4 is 4.74 Å². The third-order valence-corrected chi connectivity index (χ3v) is 5.88. The van der Waals surface area contributed by atoms with E-state index in [1.165, 1.54) is 42.0 Å². The SMILES string of the molecule is COCCOc1cccc2c1[C@@H](C[C@H]1CCCN1C)CS2. The van der Waals surface area contributed by atoms with E-state index in [2.05, 4.69) is 30.1 Å². The number of hydrogen-bond donors (Lipinski definition) is 0. The van der Waals surface area contributed by atoms with Crippen LogP contribution in [0.5, 0.6) is 5.75 Å². The molecule has 0 N–H and O–H groups in total. The normalized spacial score (nSPS) is 25.2. The van der Waals surface area contributed by atoms with Crippen molar-refractivity contribution < 1.29 is 9.47 Å². The molecule has 4 heteroatoms. The van der Waals surface area contributed by atoms with Crippen molar-refractivity contribution in [3.8, 4) is 5.75 Å². The van der Waals surface area contributed by atoms with E-state index in [1.54, 1.807) is 7.11 Å². The lowest BCUT2D eigenvalue weighted by atomic mass is 9.92. The summed E-state index contributed by atoms with van der Waals surface area (Å²) in [5, 5.41) is 0. The first-order valence-corrected chi connectivity index (χ1v) is 8.86. The van der Waals surface area contributed by atoms with E-state index < -0.39 is 0 Å². The molecule has 2 aliphatic heterocycles. The summed E-state index contributed by atoms with van der Waals surface area (Å²) in [6.45, 7) is 2.53. The van der Waals surface area contributed by atoms with Crippen molar-refractivity contribution in [1.82, 2.24) is 4.90 Å². The Morgan fingerprint density at radius 3 is 3.00 bits per heavy atom. The highest BCUT2D eigenvalue weighted by molar-refractivity contribution is 7.99. The molecule has 21 heavy (non-hydrogen) atoms. The monoisotopic (exact) mass is 307 g/mol. The number of likely N-dealkylation sites (tertiary alicyclic amines) is 1. The van der Waals surface area contributed by atoms with Gasteiger partial charge in [-0.2, -0.15) is 0 Å². The van der Waals surface area contributed by atoms with E-state index >= 15 is 0 Å². The van der Waals surface area contributed by atoms with Gasteiger partial charge in [-0.25, -0.2) is 0 Å². The molecule has 0 aliphatic carbocycles. The summed E-state index contributed by atoms with van der Waals surface area (Å²) in [6.07, 6.45) is 3.96. The molecule has 1 aromatic rings. The van der Waals surface area contributed by atoms with Crippen molar-refractivity contribution in [1.29, 1.82) is 0 Å². The molecule has 116 valence electrons. The predicted octanol–water partition coefficient (Wildman–Crippen LogP) is 3.39. The van der Waals surface area contributed by atoms with Gasteiger partial charge in [0.05, 0.1) is 6.61 Å². The molecule has 2 atom stereocenters. The van der Waals surface area contributed by atoms with E-state index in [0.717, 1.165) is 11.8 Å². The highest BCUT2D eigenvalue weighted by Crippen LogP contribution is 2.47. The third kappa shape index (κ3) is 3.38. The Bertz CT molecular complexity index is 480. The molecule has 3 nitrogen and oxygen atoms in total. The molecule has 3 rings (SSSR count). The molecule has 2 aliphatic rings. The number of fused-ring (bicyclic) bond motifs is 1. The quantitative estimate of drug-likeness (QED) is 0.751. The summed E-state index contributed by atoms with van der Waals surface area (Å²) in [7, 11) is 3.98. The molecular formula is C17H25NO2S. The van der Waals surface area contributed by atoms with E-state index in [9.17, 15) is 0 Å². The van der Waals surface area contributed by atoms with Crippen molar-refractivity contribution in [2.45, 2.75) is 36.1 Å². The maximum absolute atomic E-state index is 5.96. The lowest BCUT2D eigenvalue weighted by Crippen LogP contribution is -2.26. The molecule has 0 spiro atoms. The minimum Gasteiger partial charge on any atom is -0.491 e. The van der Waals surface area contributed by atoms with E-state index in [-0.39, 0.29) is 0 Å². The minimum absolute atomic E-state index is 0.633. The Hall–Kier alpha value is -0.710. The van der Waals surface area contributed by atoms with Crippen LogP contribution in [0.4, 0.5) is 0 Å². The number of nitrogens with zero attached hydrogens (tertiary/aromatic N) is 1. The second kappa shape index (κ2) is 7.03. The predicted molar refractivity (Wildman–Crippen MR) is 87.5 cm³/mol. The average molecular weight is 307 g/mol. The summed E-state index contributed by atoms with van der Waals surface area (Å²) in [5.74, 6) is 2.90. The molecular weight excluding hydrogens is 282 g/mol. The van der Waals surface area contributed by atoms with Crippen molar-refractivity contribution >= 4 is 11.8 Å². The zero-order valence-corrected chi connectivity index (χ0v) is 13.8. The van der Waals surface area contributed by atoms with Crippen LogP contribution in [0.25, 0.3) is 0 Å². The van der Waals surface area contributed by atoms with Crippen LogP contribution >= 0.6 is 11.8 Å². The van der Waals surface area contributed by atoms with Gasteiger partial charge < -0.3 is 14.4 Å². The van der Waals surface area contributed by atoms with Gasteiger partial charge in [0.15, 0.2) is 0 Å². The zero-order valence-electron chi connectivity index (χ0n) is 13.0. The van der Waals surface area contributed by atoms with Crippen LogP contribution in [0.15, 0.2) is 23.1 Å². The first-order valence-electron chi connectivity index (χ1n) is 7.87. The summed E-state index contributed by atoms with van der Waals surface area (Å²) >= 11 is 1.98. The van der Waals surface area contributed by atoms with Crippen molar-refractivity contribution in [3.63, 3.8) is 0 Å². The number of hydrogen-bond acceptors (Lipinski definition) is 4. The van der Waals surface area contributed by atoms with Crippen molar-refractivity contribution in [3.05, 3.63) is 23.8 Å². The molecule has 0 saturated carbocycles. The molecule has 0 amide bonds. The number of ether oxygens (including phenoxy) is 2. The second-order valence-electron chi connectivity index (χ2n) is 6.03. The summed E-state index contributed by atoms with van der Waals surface area (Å²) in [5.41, 5.74) is 1.44. The van der Waals surface area contributed by atoms with Crippen LogP contribution in [0.1, 0.15) is 30.7 Å². The largest absolute Gasteiger partial charge is 0.491 e. The van der Waals surface area contributed by atoms with Crippen LogP contribution in [0, 0.1) is 0 Å². The third-order valence-electron chi connectivity index (χ3n) is 4.65. The summed E-state index contributed by atoms with van der Waals surface area (Å²) in [4.78, 5) is 3.94. The molecule has 0 bridgehead atoms. The highest BCUT2D eigenvalue weighted by Gasteiger charge is 2.31. The Balaban J connectivity index is 1.73. The molecule has 1 saturated heterocycles. The van der Waals surface area contributed by atoms with Crippen LogP contribution in [-0.2, 0) is 4.74 Å². The molecule has 2 heterocycles. The van der Waals surface area contributed by atoms with Crippen LogP contribution in [-0.4, -0.2) is 50.6 Å². The van der Waals surface area contributed by atoms with E-state index in [1.807, 2.05) is 11.8 Å². The topological polar surface area (TPSA) is 21.7 Å². The lowest BCUT2D eigenvalue weighted by molar-refractivity contribution is 0.145. The standard InChI is InChI=1S/C17H25NO2S/c1-18-8-4-5-14(18)11-13-12-21-16-7-3-6-15(17(13)16)20-10-9-19-2/h3,6-7,13-14H,4-5,8-12H2,1-2H3/t13-,14+/m0/s1. The smallest absolute Gasteiger partial charge is 0.124 e. The minimum atomic E-state index is 0.633. The van der Waals surface area contributed by atoms with Gasteiger partial charge in [0.1, 0.15) is 12.4 Å². The Morgan fingerprint density at radius 2 is 2.24 bits per heavy atom. The number of rotatable bonds is 6. The van der Waals surface area contributed by atoms with Gasteiger partial charge in [-0.3, -0.25) is 0 Å². The molecule has 0 unspecified atom stereocenters. The van der Waals surface area contributed by atoms with Gasteiger partial charge in [0.25, 0.3) is 0 Å². The number of methoxy groups -OCH3 is 1. The summed E-state index contributed by atoms with van der Waals surface area (Å²) in [6, 6.07) is 7.21. The van der Waals surface area contributed by atoms with Gasteiger partial charge >= 0.3 is 0 Å². The van der Waals surface area contributed by atoms with Crippen molar-refractivity contribution in [2.24, 2.45) is 0 Å². The van der Waals surface area contributed by atoms with Crippen molar-refractivity contribution in [2.75, 3.05) is 39.7 Å². The fourth-order valence-electron chi connectivity index (χ4n) is 3.48. The molecule has 1 aromatic carbocycles. The maximum atomic E-state index is 5.96. The van der Waals surface area contributed by atoms with Gasteiger partial charge in [0.2, 0.25) is 0 Å². The Kier molecular flexibility index (Phi) is 5.09. The average Bonchev–Trinajstić information content (AvgIpc) is 3.08. The van der Waals surface area contributed by atoms with Gasteiger partial charge in [0, 0.05) is 29.4 Å². The van der Waals surface area contributed by atoms with Gasteiger partial charge in [-0.1, -0.05) is 6.07 Å². The first kappa shape index (κ1) is 15.2. The lowest BCUT2D eigenvalue weighted by Gasteiger charge is -2.24. The highest BCUT2D eigenvalue weighted by atomic mass is 32.2. The van der Waals surface area contributed by atoms with Gasteiger partial charge in [-0.05, 0) is 50.9 Å². The number of benzene rings is 1. The Morgan fingerprint density at radius 1 is 1.33 bits per heavy atom.